The van der Waals surface area contributed by atoms with Crippen LogP contribution >= 0.6 is 0 Å². The Kier molecular flexibility index (Phi) is 5.30. The van der Waals surface area contributed by atoms with Crippen LogP contribution in [0.5, 0.6) is 11.5 Å². The number of benzene rings is 2. The van der Waals surface area contributed by atoms with E-state index in [4.69, 9.17) is 4.74 Å². The molecule has 2 aromatic rings. The SMILES string of the molecule is CCOc1ccccc1NC(=O)C1=C(C)NC(=O)NC1c1ccc(O)cc1. The Balaban J connectivity index is 1.93. The third-order valence-electron chi connectivity index (χ3n) is 4.18. The molecule has 0 aliphatic carbocycles. The highest BCUT2D eigenvalue weighted by atomic mass is 16.5. The molecule has 0 fully saturated rings. The van der Waals surface area contributed by atoms with Gasteiger partial charge in [0.05, 0.1) is 23.9 Å². The van der Waals surface area contributed by atoms with Crippen molar-refractivity contribution in [1.29, 1.82) is 0 Å². The highest BCUT2D eigenvalue weighted by Gasteiger charge is 2.31. The van der Waals surface area contributed by atoms with Crippen LogP contribution in [0.2, 0.25) is 0 Å². The van der Waals surface area contributed by atoms with Crippen molar-refractivity contribution in [3.05, 3.63) is 65.4 Å². The normalized spacial score (nSPS) is 16.4. The maximum atomic E-state index is 13.0. The highest BCUT2D eigenvalue weighted by Crippen LogP contribution is 2.30. The van der Waals surface area contributed by atoms with E-state index in [9.17, 15) is 14.7 Å². The number of nitrogens with one attached hydrogen (secondary N) is 3. The van der Waals surface area contributed by atoms with E-state index in [1.807, 2.05) is 13.0 Å². The number of urea groups is 1. The lowest BCUT2D eigenvalue weighted by molar-refractivity contribution is -0.113. The standard InChI is InChI=1S/C20H21N3O4/c1-3-27-16-7-5-4-6-15(16)22-19(25)17-12(2)21-20(26)23-18(17)13-8-10-14(24)11-9-13/h4-11,18,24H,3H2,1-2H3,(H,22,25)(H2,21,23,26). The maximum Gasteiger partial charge on any atom is 0.319 e. The number of ether oxygens (including phenoxy) is 1. The van der Waals surface area contributed by atoms with E-state index in [2.05, 4.69) is 16.0 Å². The second-order valence-electron chi connectivity index (χ2n) is 6.04. The van der Waals surface area contributed by atoms with Gasteiger partial charge in [0.1, 0.15) is 11.5 Å². The number of anilines is 1. The number of para-hydroxylation sites is 2. The Morgan fingerprint density at radius 1 is 1.19 bits per heavy atom. The van der Waals surface area contributed by atoms with Crippen molar-refractivity contribution < 1.29 is 19.4 Å². The zero-order chi connectivity index (χ0) is 19.4. The van der Waals surface area contributed by atoms with E-state index in [1.165, 1.54) is 12.1 Å². The molecule has 0 radical (unpaired) electrons. The number of aromatic hydroxyl groups is 1. The second kappa shape index (κ2) is 7.82. The van der Waals surface area contributed by atoms with Gasteiger partial charge in [0, 0.05) is 5.70 Å². The molecular weight excluding hydrogens is 346 g/mol. The van der Waals surface area contributed by atoms with Crippen LogP contribution in [0.4, 0.5) is 10.5 Å². The van der Waals surface area contributed by atoms with E-state index < -0.39 is 12.1 Å². The van der Waals surface area contributed by atoms with Gasteiger partial charge < -0.3 is 25.8 Å². The molecule has 0 saturated carbocycles. The van der Waals surface area contributed by atoms with Crippen LogP contribution in [-0.2, 0) is 4.79 Å². The summed E-state index contributed by atoms with van der Waals surface area (Å²) in [5.74, 6) is 0.321. The molecule has 1 aliphatic rings. The number of hydrogen-bond acceptors (Lipinski definition) is 4. The number of carbonyl (C=O) groups is 2. The summed E-state index contributed by atoms with van der Waals surface area (Å²) in [4.78, 5) is 25.0. The zero-order valence-electron chi connectivity index (χ0n) is 15.1. The molecule has 7 nitrogen and oxygen atoms in total. The van der Waals surface area contributed by atoms with Crippen molar-refractivity contribution in [1.82, 2.24) is 10.6 Å². The first-order valence-corrected chi connectivity index (χ1v) is 8.60. The van der Waals surface area contributed by atoms with E-state index in [-0.39, 0.29) is 11.7 Å². The van der Waals surface area contributed by atoms with Crippen molar-refractivity contribution in [2.24, 2.45) is 0 Å². The lowest BCUT2D eigenvalue weighted by Gasteiger charge is -2.28. The van der Waals surface area contributed by atoms with Crippen molar-refractivity contribution in [2.45, 2.75) is 19.9 Å². The van der Waals surface area contributed by atoms with Gasteiger partial charge in [0.15, 0.2) is 0 Å². The second-order valence-corrected chi connectivity index (χ2v) is 6.04. The lowest BCUT2D eigenvalue weighted by atomic mass is 9.94. The van der Waals surface area contributed by atoms with Gasteiger partial charge in [-0.2, -0.15) is 0 Å². The Hall–Kier alpha value is -3.48. The smallest absolute Gasteiger partial charge is 0.319 e. The zero-order valence-corrected chi connectivity index (χ0v) is 15.1. The number of phenolic OH excluding ortho intramolecular Hbond substituents is 1. The van der Waals surface area contributed by atoms with Gasteiger partial charge in [0.25, 0.3) is 5.91 Å². The Labute approximate surface area is 157 Å². The van der Waals surface area contributed by atoms with E-state index in [0.717, 1.165) is 0 Å². The van der Waals surface area contributed by atoms with Gasteiger partial charge in [-0.15, -0.1) is 0 Å². The summed E-state index contributed by atoms with van der Waals surface area (Å²) in [6.07, 6.45) is 0. The summed E-state index contributed by atoms with van der Waals surface area (Å²) in [6.45, 7) is 4.02. The molecule has 0 bridgehead atoms. The molecule has 140 valence electrons. The Morgan fingerprint density at radius 3 is 2.59 bits per heavy atom. The molecule has 1 atom stereocenters. The predicted molar refractivity (Wildman–Crippen MR) is 101 cm³/mol. The van der Waals surface area contributed by atoms with Crippen LogP contribution in [0, 0.1) is 0 Å². The minimum Gasteiger partial charge on any atom is -0.508 e. The molecule has 3 amide bonds. The van der Waals surface area contributed by atoms with Gasteiger partial charge in [-0.05, 0) is 43.7 Å². The fourth-order valence-electron chi connectivity index (χ4n) is 2.95. The third kappa shape index (κ3) is 4.03. The molecule has 0 spiro atoms. The molecule has 1 aliphatic heterocycles. The van der Waals surface area contributed by atoms with Crippen LogP contribution in [0.25, 0.3) is 0 Å². The predicted octanol–water partition coefficient (Wildman–Crippen LogP) is 3.06. The molecule has 1 heterocycles. The molecular formula is C20H21N3O4. The number of phenols is 1. The summed E-state index contributed by atoms with van der Waals surface area (Å²) >= 11 is 0. The van der Waals surface area contributed by atoms with Crippen molar-refractivity contribution >= 4 is 17.6 Å². The highest BCUT2D eigenvalue weighted by molar-refractivity contribution is 6.07. The molecule has 4 N–H and O–H groups in total. The summed E-state index contributed by atoms with van der Waals surface area (Å²) in [5, 5.41) is 17.8. The fraction of sp³-hybridized carbons (Fsp3) is 0.200. The summed E-state index contributed by atoms with van der Waals surface area (Å²) in [6, 6.07) is 12.5. The molecule has 3 rings (SSSR count). The summed E-state index contributed by atoms with van der Waals surface area (Å²) in [5.41, 5.74) is 2.08. The quantitative estimate of drug-likeness (QED) is 0.653. The topological polar surface area (TPSA) is 99.7 Å². The minimum atomic E-state index is -0.640. The number of hydrogen-bond donors (Lipinski definition) is 4. The van der Waals surface area contributed by atoms with Crippen LogP contribution < -0.4 is 20.7 Å². The van der Waals surface area contributed by atoms with Crippen molar-refractivity contribution in [3.63, 3.8) is 0 Å². The van der Waals surface area contributed by atoms with Crippen LogP contribution in [0.15, 0.2) is 59.8 Å². The molecule has 0 aromatic heterocycles. The molecule has 7 heteroatoms. The first kappa shape index (κ1) is 18.3. The Bertz CT molecular complexity index is 890. The fourth-order valence-corrected chi connectivity index (χ4v) is 2.95. The Morgan fingerprint density at radius 2 is 1.89 bits per heavy atom. The molecule has 0 saturated heterocycles. The van der Waals surface area contributed by atoms with Crippen LogP contribution in [-0.4, -0.2) is 23.7 Å². The van der Waals surface area contributed by atoms with E-state index in [1.54, 1.807) is 37.3 Å². The monoisotopic (exact) mass is 367 g/mol. The van der Waals surface area contributed by atoms with E-state index >= 15 is 0 Å². The first-order chi connectivity index (χ1) is 13.0. The number of carbonyl (C=O) groups excluding carboxylic acids is 2. The number of rotatable bonds is 5. The van der Waals surface area contributed by atoms with Crippen LogP contribution in [0.1, 0.15) is 25.5 Å². The molecule has 2 aromatic carbocycles. The number of allylic oxidation sites excluding steroid dienone is 1. The van der Waals surface area contributed by atoms with Gasteiger partial charge >= 0.3 is 6.03 Å². The molecule has 27 heavy (non-hydrogen) atoms. The minimum absolute atomic E-state index is 0.108. The summed E-state index contributed by atoms with van der Waals surface area (Å²) < 4.78 is 5.55. The van der Waals surface area contributed by atoms with Crippen LogP contribution in [0.3, 0.4) is 0 Å². The average molecular weight is 367 g/mol. The van der Waals surface area contributed by atoms with Gasteiger partial charge in [-0.3, -0.25) is 4.79 Å². The van der Waals surface area contributed by atoms with Crippen molar-refractivity contribution in [2.75, 3.05) is 11.9 Å². The van der Waals surface area contributed by atoms with Gasteiger partial charge in [-0.25, -0.2) is 4.79 Å². The lowest BCUT2D eigenvalue weighted by Crippen LogP contribution is -2.45. The summed E-state index contributed by atoms with van der Waals surface area (Å²) in [7, 11) is 0. The first-order valence-electron chi connectivity index (χ1n) is 8.60. The molecule has 1 unspecified atom stereocenters. The van der Waals surface area contributed by atoms with Crippen molar-refractivity contribution in [3.8, 4) is 11.5 Å². The average Bonchev–Trinajstić information content (AvgIpc) is 2.63. The third-order valence-corrected chi connectivity index (χ3v) is 4.18. The maximum absolute atomic E-state index is 13.0. The largest absolute Gasteiger partial charge is 0.508 e. The van der Waals surface area contributed by atoms with Gasteiger partial charge in [0.2, 0.25) is 0 Å². The van der Waals surface area contributed by atoms with Gasteiger partial charge in [-0.1, -0.05) is 24.3 Å². The number of amides is 3. The van der Waals surface area contributed by atoms with E-state index in [0.29, 0.717) is 34.9 Å².